The van der Waals surface area contributed by atoms with Crippen LogP contribution in [-0.4, -0.2) is 55.0 Å². The van der Waals surface area contributed by atoms with Crippen LogP contribution in [0.15, 0.2) is 78.9 Å². The molecule has 0 bridgehead atoms. The molecule has 0 atom stereocenters. The molecule has 1 aliphatic rings. The largest absolute Gasteiger partial charge is 0.496 e. The number of piperazine rings is 1. The molecule has 0 spiro atoms. The topological polar surface area (TPSA) is 74.8 Å². The fraction of sp³-hybridized carbons (Fsp3) is 0.281. The van der Waals surface area contributed by atoms with Crippen molar-refractivity contribution in [2.45, 2.75) is 26.2 Å². The number of benzene rings is 3. The molecule has 1 saturated heterocycles. The van der Waals surface area contributed by atoms with E-state index in [1.165, 1.54) is 5.56 Å². The predicted molar refractivity (Wildman–Crippen MR) is 156 cm³/mol. The summed E-state index contributed by atoms with van der Waals surface area (Å²) in [7, 11) is 1.61. The number of para-hydroxylation sites is 1. The van der Waals surface area contributed by atoms with Gasteiger partial charge in [0.25, 0.3) is 11.8 Å². The Morgan fingerprint density at radius 2 is 1.64 bits per heavy atom. The van der Waals surface area contributed by atoms with E-state index in [0.29, 0.717) is 43.2 Å². The molecule has 1 fully saturated rings. The number of nitrogens with one attached hydrogen (secondary N) is 1. The number of hydrogen-bond acceptors (Lipinski definition) is 5. The minimum atomic E-state index is -0.115. The fourth-order valence-electron chi connectivity index (χ4n) is 4.91. The van der Waals surface area contributed by atoms with Gasteiger partial charge in [0.15, 0.2) is 0 Å². The third-order valence-corrected chi connectivity index (χ3v) is 7.21. The third kappa shape index (κ3) is 6.03. The summed E-state index contributed by atoms with van der Waals surface area (Å²) in [5.74, 6) is 0.449. The molecule has 4 aromatic rings. The summed E-state index contributed by atoms with van der Waals surface area (Å²) < 4.78 is 5.51. The van der Waals surface area contributed by atoms with Crippen molar-refractivity contribution < 1.29 is 14.3 Å². The molecule has 200 valence electrons. The van der Waals surface area contributed by atoms with Gasteiger partial charge in [-0.3, -0.25) is 9.59 Å². The second kappa shape index (κ2) is 12.0. The van der Waals surface area contributed by atoms with E-state index in [1.54, 1.807) is 13.2 Å². The first-order valence-corrected chi connectivity index (χ1v) is 13.5. The number of rotatable bonds is 8. The summed E-state index contributed by atoms with van der Waals surface area (Å²) >= 11 is 0. The molecule has 7 heteroatoms. The Balaban J connectivity index is 1.17. The molecule has 1 aromatic heterocycles. The number of hydrogen-bond donors (Lipinski definition) is 1. The first kappa shape index (κ1) is 26.2. The number of nitrogens with zero attached hydrogens (tertiary/aromatic N) is 3. The van der Waals surface area contributed by atoms with Crippen LogP contribution in [-0.2, 0) is 6.42 Å². The fourth-order valence-corrected chi connectivity index (χ4v) is 4.91. The molecule has 3 aromatic carbocycles. The highest BCUT2D eigenvalue weighted by molar-refractivity contribution is 6.04. The Bertz CT molecular complexity index is 1440. The van der Waals surface area contributed by atoms with E-state index in [2.05, 4.69) is 22.1 Å². The predicted octanol–water partition coefficient (Wildman–Crippen LogP) is 5.80. The number of aromatic nitrogens is 1. The Labute approximate surface area is 229 Å². The van der Waals surface area contributed by atoms with Crippen molar-refractivity contribution in [3.8, 4) is 5.75 Å². The minimum absolute atomic E-state index is 0.0878. The van der Waals surface area contributed by atoms with E-state index < -0.39 is 0 Å². The van der Waals surface area contributed by atoms with Crippen molar-refractivity contribution in [2.24, 2.45) is 0 Å². The van der Waals surface area contributed by atoms with E-state index in [4.69, 9.17) is 4.74 Å². The Morgan fingerprint density at radius 1 is 0.923 bits per heavy atom. The number of anilines is 2. The van der Waals surface area contributed by atoms with Crippen LogP contribution in [0.2, 0.25) is 0 Å². The Hall–Kier alpha value is -4.39. The van der Waals surface area contributed by atoms with Crippen molar-refractivity contribution >= 4 is 34.1 Å². The molecule has 5 rings (SSSR count). The molecule has 0 saturated carbocycles. The van der Waals surface area contributed by atoms with E-state index in [0.717, 1.165) is 41.5 Å². The average Bonchev–Trinajstić information content (AvgIpc) is 2.99. The minimum Gasteiger partial charge on any atom is -0.496 e. The number of carbonyl (C=O) groups excluding carboxylic acids is 2. The summed E-state index contributed by atoms with van der Waals surface area (Å²) in [6, 6.07) is 25.1. The average molecular weight is 523 g/mol. The zero-order valence-electron chi connectivity index (χ0n) is 22.5. The number of pyridine rings is 1. The summed E-state index contributed by atoms with van der Waals surface area (Å²) in [5.41, 5.74) is 4.87. The van der Waals surface area contributed by atoms with Gasteiger partial charge in [-0.1, -0.05) is 37.6 Å². The van der Waals surface area contributed by atoms with Crippen LogP contribution in [0.25, 0.3) is 10.9 Å². The van der Waals surface area contributed by atoms with Gasteiger partial charge in [-0.25, -0.2) is 4.98 Å². The molecule has 0 unspecified atom stereocenters. The highest BCUT2D eigenvalue weighted by Crippen LogP contribution is 2.26. The van der Waals surface area contributed by atoms with Crippen LogP contribution >= 0.6 is 0 Å². The second-order valence-corrected chi connectivity index (χ2v) is 9.81. The summed E-state index contributed by atoms with van der Waals surface area (Å²) in [6.07, 6.45) is 3.35. The molecule has 39 heavy (non-hydrogen) atoms. The molecule has 2 heterocycles. The van der Waals surface area contributed by atoms with E-state index >= 15 is 0 Å². The zero-order chi connectivity index (χ0) is 27.2. The number of unbranched alkanes of at least 4 members (excludes halogenated alkanes) is 1. The van der Waals surface area contributed by atoms with E-state index in [-0.39, 0.29) is 11.8 Å². The number of carbonyl (C=O) groups is 2. The van der Waals surface area contributed by atoms with Gasteiger partial charge >= 0.3 is 0 Å². The van der Waals surface area contributed by atoms with E-state index in [9.17, 15) is 9.59 Å². The molecular formula is C32H34N4O3. The highest BCUT2D eigenvalue weighted by atomic mass is 16.5. The van der Waals surface area contributed by atoms with Crippen molar-refractivity contribution in [1.29, 1.82) is 0 Å². The standard InChI is InChI=1S/C32H34N4O3/c1-3-4-7-23-10-12-24(13-11-23)31(37)33-25-14-16-26(17-15-25)35-18-20-36(21-19-35)32(38)29-22-30(39-2)27-8-5-6-9-28(27)34-29/h5-6,8-17,22H,3-4,7,18-21H2,1-2H3,(H,33,37). The first-order valence-electron chi connectivity index (χ1n) is 13.5. The highest BCUT2D eigenvalue weighted by Gasteiger charge is 2.24. The summed E-state index contributed by atoms with van der Waals surface area (Å²) in [5, 5.41) is 3.88. The molecule has 2 amide bonds. The normalized spacial score (nSPS) is 13.4. The van der Waals surface area contributed by atoms with Gasteiger partial charge < -0.3 is 19.9 Å². The van der Waals surface area contributed by atoms with Crippen LogP contribution in [0.3, 0.4) is 0 Å². The number of amides is 2. The smallest absolute Gasteiger partial charge is 0.272 e. The summed E-state index contributed by atoms with van der Waals surface area (Å²) in [4.78, 5) is 34.6. The zero-order valence-corrected chi connectivity index (χ0v) is 22.5. The number of ether oxygens (including phenoxy) is 1. The lowest BCUT2D eigenvalue weighted by atomic mass is 10.1. The van der Waals surface area contributed by atoms with Gasteiger partial charge in [0.1, 0.15) is 11.4 Å². The summed E-state index contributed by atoms with van der Waals surface area (Å²) in [6.45, 7) is 4.81. The van der Waals surface area contributed by atoms with Crippen LogP contribution in [0, 0.1) is 0 Å². The number of fused-ring (bicyclic) bond motifs is 1. The van der Waals surface area contributed by atoms with Crippen molar-refractivity contribution in [3.63, 3.8) is 0 Å². The first-order chi connectivity index (χ1) is 19.1. The van der Waals surface area contributed by atoms with Crippen molar-refractivity contribution in [1.82, 2.24) is 9.88 Å². The van der Waals surface area contributed by atoms with Gasteiger partial charge in [0.2, 0.25) is 0 Å². The quantitative estimate of drug-likeness (QED) is 0.317. The molecule has 1 aliphatic heterocycles. The lowest BCUT2D eigenvalue weighted by molar-refractivity contribution is 0.0740. The number of aryl methyl sites for hydroxylation is 1. The van der Waals surface area contributed by atoms with Crippen LogP contribution in [0.1, 0.15) is 46.2 Å². The third-order valence-electron chi connectivity index (χ3n) is 7.21. The molecule has 0 radical (unpaired) electrons. The Morgan fingerprint density at radius 3 is 2.33 bits per heavy atom. The van der Waals surface area contributed by atoms with Gasteiger partial charge in [-0.15, -0.1) is 0 Å². The molecule has 7 nitrogen and oxygen atoms in total. The van der Waals surface area contributed by atoms with Gasteiger partial charge in [-0.2, -0.15) is 0 Å². The van der Waals surface area contributed by atoms with Crippen LogP contribution < -0.4 is 15.0 Å². The van der Waals surface area contributed by atoms with Gasteiger partial charge in [0.05, 0.1) is 12.6 Å². The SMILES string of the molecule is CCCCc1ccc(C(=O)Nc2ccc(N3CCN(C(=O)c4cc(OC)c5ccccc5n4)CC3)cc2)cc1. The molecule has 0 aliphatic carbocycles. The van der Waals surface area contributed by atoms with E-state index in [1.807, 2.05) is 77.7 Å². The lowest BCUT2D eigenvalue weighted by Gasteiger charge is -2.36. The maximum absolute atomic E-state index is 13.2. The second-order valence-electron chi connectivity index (χ2n) is 9.81. The Kier molecular flexibility index (Phi) is 8.06. The van der Waals surface area contributed by atoms with Crippen LogP contribution in [0.4, 0.5) is 11.4 Å². The van der Waals surface area contributed by atoms with Gasteiger partial charge in [-0.05, 0) is 66.9 Å². The number of methoxy groups -OCH3 is 1. The maximum Gasteiger partial charge on any atom is 0.272 e. The molecule has 1 N–H and O–H groups in total. The monoisotopic (exact) mass is 522 g/mol. The van der Waals surface area contributed by atoms with Crippen molar-refractivity contribution in [3.05, 3.63) is 95.7 Å². The molecular weight excluding hydrogens is 488 g/mol. The van der Waals surface area contributed by atoms with Crippen molar-refractivity contribution in [2.75, 3.05) is 43.5 Å². The maximum atomic E-state index is 13.2. The van der Waals surface area contributed by atoms with Crippen LogP contribution in [0.5, 0.6) is 5.75 Å². The lowest BCUT2D eigenvalue weighted by Crippen LogP contribution is -2.49. The van der Waals surface area contributed by atoms with Gasteiger partial charge in [0, 0.05) is 54.6 Å².